The van der Waals surface area contributed by atoms with Crippen LogP contribution in [-0.4, -0.2) is 29.7 Å². The lowest BCUT2D eigenvalue weighted by atomic mass is 9.93. The molecule has 0 amide bonds. The van der Waals surface area contributed by atoms with Gasteiger partial charge in [-0.2, -0.15) is 5.26 Å². The van der Waals surface area contributed by atoms with E-state index in [-0.39, 0.29) is 18.6 Å². The van der Waals surface area contributed by atoms with Crippen LogP contribution in [0.4, 0.5) is 0 Å². The second kappa shape index (κ2) is 5.99. The first-order valence-corrected chi connectivity index (χ1v) is 6.61. The van der Waals surface area contributed by atoms with Crippen molar-refractivity contribution < 1.29 is 5.11 Å². The summed E-state index contributed by atoms with van der Waals surface area (Å²) < 4.78 is 0. The second-order valence-electron chi connectivity index (χ2n) is 5.08. The first-order chi connectivity index (χ1) is 8.76. The highest BCUT2D eigenvalue weighted by atomic mass is 16.3. The molecule has 1 fully saturated rings. The van der Waals surface area contributed by atoms with Crippen LogP contribution < -0.4 is 0 Å². The third-order valence-electron chi connectivity index (χ3n) is 3.74. The summed E-state index contributed by atoms with van der Waals surface area (Å²) in [4.78, 5) is 2.45. The lowest BCUT2D eigenvalue weighted by molar-refractivity contribution is 0.126. The Hall–Kier alpha value is -1.37. The van der Waals surface area contributed by atoms with Crippen LogP contribution in [0, 0.1) is 17.2 Å². The molecule has 3 nitrogen and oxygen atoms in total. The highest BCUT2D eigenvalue weighted by Crippen LogP contribution is 2.31. The summed E-state index contributed by atoms with van der Waals surface area (Å²) in [5, 5.41) is 18.3. The maximum absolute atomic E-state index is 9.45. The van der Waals surface area contributed by atoms with Crippen molar-refractivity contribution in [3.8, 4) is 6.07 Å². The number of nitriles is 1. The molecule has 0 radical (unpaired) electrons. The molecule has 1 N–H and O–H groups in total. The zero-order valence-corrected chi connectivity index (χ0v) is 10.8. The van der Waals surface area contributed by atoms with Gasteiger partial charge < -0.3 is 5.11 Å². The van der Waals surface area contributed by atoms with Crippen LogP contribution in [0.15, 0.2) is 24.3 Å². The van der Waals surface area contributed by atoms with Crippen LogP contribution in [0.2, 0.25) is 0 Å². The van der Waals surface area contributed by atoms with Crippen molar-refractivity contribution in [1.29, 1.82) is 5.26 Å². The molecule has 1 saturated heterocycles. The maximum Gasteiger partial charge on any atom is 0.0991 e. The predicted octanol–water partition coefficient (Wildman–Crippen LogP) is 2.32. The molecule has 2 unspecified atom stereocenters. The van der Waals surface area contributed by atoms with Gasteiger partial charge in [0.05, 0.1) is 11.6 Å². The molecule has 0 saturated carbocycles. The summed E-state index contributed by atoms with van der Waals surface area (Å²) in [6.07, 6.45) is 2.48. The summed E-state index contributed by atoms with van der Waals surface area (Å²) in [5.74, 6) is 0.219. The topological polar surface area (TPSA) is 47.3 Å². The standard InChI is InChI=1S/C15H20N2O/c1-12(11-18)15(17-8-2-3-9-17)14-6-4-13(10-16)5-7-14/h4-7,12,15,18H,2-3,8-9,11H2,1H3. The Morgan fingerprint density at radius 3 is 2.39 bits per heavy atom. The van der Waals surface area contributed by atoms with Crippen molar-refractivity contribution in [2.24, 2.45) is 5.92 Å². The van der Waals surface area contributed by atoms with Gasteiger partial charge in [-0.25, -0.2) is 0 Å². The minimum Gasteiger partial charge on any atom is -0.396 e. The van der Waals surface area contributed by atoms with E-state index in [4.69, 9.17) is 5.26 Å². The van der Waals surface area contributed by atoms with E-state index in [1.165, 1.54) is 18.4 Å². The molecule has 18 heavy (non-hydrogen) atoms. The molecular formula is C15H20N2O. The number of benzene rings is 1. The summed E-state index contributed by atoms with van der Waals surface area (Å²) in [6, 6.07) is 10.2. The van der Waals surface area contributed by atoms with Crippen LogP contribution in [0.5, 0.6) is 0 Å². The molecule has 2 rings (SSSR count). The van der Waals surface area contributed by atoms with E-state index in [0.29, 0.717) is 5.56 Å². The van der Waals surface area contributed by atoms with Crippen LogP contribution in [-0.2, 0) is 0 Å². The van der Waals surface area contributed by atoms with Gasteiger partial charge in [-0.1, -0.05) is 19.1 Å². The molecule has 1 aliphatic heterocycles. The van der Waals surface area contributed by atoms with Gasteiger partial charge >= 0.3 is 0 Å². The van der Waals surface area contributed by atoms with Crippen molar-refractivity contribution in [3.05, 3.63) is 35.4 Å². The number of aliphatic hydroxyl groups is 1. The molecule has 1 heterocycles. The van der Waals surface area contributed by atoms with Crippen molar-refractivity contribution >= 4 is 0 Å². The smallest absolute Gasteiger partial charge is 0.0991 e. The van der Waals surface area contributed by atoms with Crippen LogP contribution in [0.25, 0.3) is 0 Å². The fourth-order valence-corrected chi connectivity index (χ4v) is 2.77. The van der Waals surface area contributed by atoms with Crippen LogP contribution >= 0.6 is 0 Å². The van der Waals surface area contributed by atoms with Crippen LogP contribution in [0.3, 0.4) is 0 Å². The van der Waals surface area contributed by atoms with E-state index < -0.39 is 0 Å². The van der Waals surface area contributed by atoms with Gasteiger partial charge in [0, 0.05) is 12.6 Å². The summed E-state index contributed by atoms with van der Waals surface area (Å²) >= 11 is 0. The zero-order valence-electron chi connectivity index (χ0n) is 10.8. The van der Waals surface area contributed by atoms with Gasteiger partial charge in [0.2, 0.25) is 0 Å². The molecule has 96 valence electrons. The fraction of sp³-hybridized carbons (Fsp3) is 0.533. The largest absolute Gasteiger partial charge is 0.396 e. The SMILES string of the molecule is CC(CO)C(c1ccc(C#N)cc1)N1CCCC1. The Kier molecular flexibility index (Phi) is 4.35. The Bertz CT molecular complexity index is 415. The number of nitrogens with zero attached hydrogens (tertiary/aromatic N) is 2. The second-order valence-corrected chi connectivity index (χ2v) is 5.08. The normalized spacial score (nSPS) is 19.4. The predicted molar refractivity (Wildman–Crippen MR) is 71.0 cm³/mol. The van der Waals surface area contributed by atoms with E-state index in [9.17, 15) is 5.11 Å². The molecule has 1 aliphatic rings. The van der Waals surface area contributed by atoms with Crippen molar-refractivity contribution in [2.45, 2.75) is 25.8 Å². The molecule has 2 atom stereocenters. The van der Waals surface area contributed by atoms with Gasteiger partial charge in [0.25, 0.3) is 0 Å². The Labute approximate surface area is 109 Å². The minimum absolute atomic E-state index is 0.196. The van der Waals surface area contributed by atoms with Gasteiger partial charge in [0.1, 0.15) is 0 Å². The number of rotatable bonds is 4. The lowest BCUT2D eigenvalue weighted by Crippen LogP contribution is -2.31. The first kappa shape index (κ1) is 13.1. The van der Waals surface area contributed by atoms with Crippen molar-refractivity contribution in [2.75, 3.05) is 19.7 Å². The highest BCUT2D eigenvalue weighted by Gasteiger charge is 2.27. The van der Waals surface area contributed by atoms with E-state index in [1.807, 2.05) is 24.3 Å². The van der Waals surface area contributed by atoms with Crippen molar-refractivity contribution in [1.82, 2.24) is 4.90 Å². The number of aliphatic hydroxyl groups excluding tert-OH is 1. The summed E-state index contributed by atoms with van der Waals surface area (Å²) in [6.45, 7) is 4.49. The quantitative estimate of drug-likeness (QED) is 0.884. The van der Waals surface area contributed by atoms with E-state index in [0.717, 1.165) is 13.1 Å². The minimum atomic E-state index is 0.196. The van der Waals surface area contributed by atoms with Gasteiger partial charge in [-0.15, -0.1) is 0 Å². The molecule has 0 aromatic heterocycles. The Morgan fingerprint density at radius 1 is 1.28 bits per heavy atom. The van der Waals surface area contributed by atoms with E-state index in [2.05, 4.69) is 17.9 Å². The first-order valence-electron chi connectivity index (χ1n) is 6.61. The lowest BCUT2D eigenvalue weighted by Gasteiger charge is -2.32. The average Bonchev–Trinajstić information content (AvgIpc) is 2.93. The number of hydrogen-bond acceptors (Lipinski definition) is 3. The Balaban J connectivity index is 2.24. The third kappa shape index (κ3) is 2.72. The zero-order chi connectivity index (χ0) is 13.0. The molecular weight excluding hydrogens is 224 g/mol. The van der Waals surface area contributed by atoms with Crippen molar-refractivity contribution in [3.63, 3.8) is 0 Å². The van der Waals surface area contributed by atoms with Crippen LogP contribution in [0.1, 0.15) is 36.9 Å². The maximum atomic E-state index is 9.45. The fourth-order valence-electron chi connectivity index (χ4n) is 2.77. The van der Waals surface area contributed by atoms with E-state index >= 15 is 0 Å². The molecule has 0 aliphatic carbocycles. The number of hydrogen-bond donors (Lipinski definition) is 1. The average molecular weight is 244 g/mol. The summed E-state index contributed by atoms with van der Waals surface area (Å²) in [5.41, 5.74) is 1.90. The highest BCUT2D eigenvalue weighted by molar-refractivity contribution is 5.33. The molecule has 3 heteroatoms. The number of likely N-dealkylation sites (tertiary alicyclic amines) is 1. The monoisotopic (exact) mass is 244 g/mol. The van der Waals surface area contributed by atoms with Gasteiger partial charge in [-0.3, -0.25) is 4.90 Å². The molecule has 0 bridgehead atoms. The van der Waals surface area contributed by atoms with Gasteiger partial charge in [0.15, 0.2) is 0 Å². The molecule has 0 spiro atoms. The summed E-state index contributed by atoms with van der Waals surface area (Å²) in [7, 11) is 0. The Morgan fingerprint density at radius 2 is 1.89 bits per heavy atom. The third-order valence-corrected chi connectivity index (χ3v) is 3.74. The molecule has 1 aromatic rings. The van der Waals surface area contributed by atoms with E-state index in [1.54, 1.807) is 0 Å². The van der Waals surface area contributed by atoms with Gasteiger partial charge in [-0.05, 0) is 49.5 Å². The molecule has 1 aromatic carbocycles.